The maximum Gasteiger partial charge on any atom is 0.133 e. The topological polar surface area (TPSA) is 12.5 Å². The van der Waals surface area contributed by atoms with E-state index in [0.29, 0.717) is 5.92 Å². The predicted octanol–water partition coefficient (Wildman–Crippen LogP) is 4.32. The second kappa shape index (κ2) is 6.63. The van der Waals surface area contributed by atoms with Gasteiger partial charge in [0, 0.05) is 19.0 Å². The molecule has 0 bridgehead atoms. The van der Waals surface area contributed by atoms with Gasteiger partial charge in [0.05, 0.1) is 4.47 Å². The molecular formula is C18H20BrNO. The SMILES string of the molecule is CN1CC[C@@H](Oc2ccccc2Br)[C@@H](c2ccccc2)C1. The van der Waals surface area contributed by atoms with Crippen molar-refractivity contribution < 1.29 is 4.74 Å². The van der Waals surface area contributed by atoms with Crippen molar-refractivity contribution in [3.63, 3.8) is 0 Å². The molecule has 1 saturated heterocycles. The summed E-state index contributed by atoms with van der Waals surface area (Å²) in [6.07, 6.45) is 1.28. The number of nitrogens with zero attached hydrogens (tertiary/aromatic N) is 1. The largest absolute Gasteiger partial charge is 0.489 e. The van der Waals surface area contributed by atoms with Gasteiger partial charge >= 0.3 is 0 Å². The van der Waals surface area contributed by atoms with Crippen LogP contribution in [0.25, 0.3) is 0 Å². The summed E-state index contributed by atoms with van der Waals surface area (Å²) in [6.45, 7) is 2.12. The van der Waals surface area contributed by atoms with E-state index in [4.69, 9.17) is 4.74 Å². The van der Waals surface area contributed by atoms with Crippen molar-refractivity contribution in [2.24, 2.45) is 0 Å². The number of rotatable bonds is 3. The average Bonchev–Trinajstić information content (AvgIpc) is 2.52. The van der Waals surface area contributed by atoms with Crippen LogP contribution in [0.3, 0.4) is 0 Å². The van der Waals surface area contributed by atoms with Crippen LogP contribution in [0.4, 0.5) is 0 Å². The molecule has 0 aliphatic carbocycles. The lowest BCUT2D eigenvalue weighted by Gasteiger charge is -2.37. The van der Waals surface area contributed by atoms with Crippen molar-refractivity contribution in [1.29, 1.82) is 0 Å². The van der Waals surface area contributed by atoms with E-state index >= 15 is 0 Å². The molecule has 2 aromatic carbocycles. The van der Waals surface area contributed by atoms with Crippen LogP contribution in [-0.4, -0.2) is 31.1 Å². The standard InChI is InChI=1S/C18H20BrNO/c1-20-12-11-17(21-18-10-6-5-9-16(18)19)15(13-20)14-7-3-2-4-8-14/h2-10,15,17H,11-13H2,1H3/t15-,17-/m1/s1. The number of likely N-dealkylation sites (tertiary alicyclic amines) is 1. The summed E-state index contributed by atoms with van der Waals surface area (Å²) in [6, 6.07) is 18.8. The smallest absolute Gasteiger partial charge is 0.133 e. The Hall–Kier alpha value is -1.32. The maximum atomic E-state index is 6.33. The molecule has 0 unspecified atom stereocenters. The van der Waals surface area contributed by atoms with Crippen LogP contribution >= 0.6 is 15.9 Å². The van der Waals surface area contributed by atoms with Gasteiger partial charge in [-0.15, -0.1) is 0 Å². The fourth-order valence-electron chi connectivity index (χ4n) is 2.96. The van der Waals surface area contributed by atoms with Crippen LogP contribution in [-0.2, 0) is 0 Å². The Morgan fingerprint density at radius 3 is 2.52 bits per heavy atom. The summed E-state index contributed by atoms with van der Waals surface area (Å²) in [5, 5.41) is 0. The Labute approximate surface area is 134 Å². The third kappa shape index (κ3) is 3.47. The van der Waals surface area contributed by atoms with Crippen molar-refractivity contribution >= 4 is 15.9 Å². The van der Waals surface area contributed by atoms with Crippen LogP contribution in [0.5, 0.6) is 5.75 Å². The van der Waals surface area contributed by atoms with Crippen LogP contribution in [0, 0.1) is 0 Å². The molecule has 0 spiro atoms. The zero-order chi connectivity index (χ0) is 14.7. The van der Waals surface area contributed by atoms with Gasteiger partial charge in [0.25, 0.3) is 0 Å². The molecule has 3 heteroatoms. The monoisotopic (exact) mass is 345 g/mol. The molecule has 21 heavy (non-hydrogen) atoms. The maximum absolute atomic E-state index is 6.33. The molecule has 1 aliphatic heterocycles. The first-order valence-corrected chi connectivity index (χ1v) is 8.18. The highest BCUT2D eigenvalue weighted by Crippen LogP contribution is 2.33. The Morgan fingerprint density at radius 1 is 1.05 bits per heavy atom. The molecule has 0 aromatic heterocycles. The van der Waals surface area contributed by atoms with Gasteiger partial charge < -0.3 is 9.64 Å². The Bertz CT molecular complexity index is 587. The third-order valence-corrected chi connectivity index (χ3v) is 4.75. The lowest BCUT2D eigenvalue weighted by Crippen LogP contribution is -2.42. The van der Waals surface area contributed by atoms with Gasteiger partial charge in [0.2, 0.25) is 0 Å². The number of halogens is 1. The predicted molar refractivity (Wildman–Crippen MR) is 89.9 cm³/mol. The summed E-state index contributed by atoms with van der Waals surface area (Å²) in [7, 11) is 2.19. The highest BCUT2D eigenvalue weighted by Gasteiger charge is 2.30. The molecule has 0 amide bonds. The van der Waals surface area contributed by atoms with Crippen molar-refractivity contribution in [3.05, 3.63) is 64.6 Å². The minimum absolute atomic E-state index is 0.224. The first kappa shape index (κ1) is 14.6. The first-order valence-electron chi connectivity index (χ1n) is 7.39. The van der Waals surface area contributed by atoms with E-state index in [0.717, 1.165) is 29.7 Å². The van der Waals surface area contributed by atoms with Gasteiger partial charge in [-0.1, -0.05) is 42.5 Å². The van der Waals surface area contributed by atoms with Crippen molar-refractivity contribution in [1.82, 2.24) is 4.90 Å². The van der Waals surface area contributed by atoms with Gasteiger partial charge in [-0.25, -0.2) is 0 Å². The zero-order valence-electron chi connectivity index (χ0n) is 12.2. The number of para-hydroxylation sites is 1. The van der Waals surface area contributed by atoms with E-state index in [9.17, 15) is 0 Å². The second-order valence-corrected chi connectivity index (χ2v) is 6.51. The van der Waals surface area contributed by atoms with E-state index in [1.54, 1.807) is 0 Å². The van der Waals surface area contributed by atoms with Gasteiger partial charge in [0.1, 0.15) is 11.9 Å². The highest BCUT2D eigenvalue weighted by molar-refractivity contribution is 9.10. The van der Waals surface area contributed by atoms with Gasteiger partial charge in [0.15, 0.2) is 0 Å². The lowest BCUT2D eigenvalue weighted by molar-refractivity contribution is 0.0896. The molecule has 1 heterocycles. The zero-order valence-corrected chi connectivity index (χ0v) is 13.8. The van der Waals surface area contributed by atoms with E-state index < -0.39 is 0 Å². The summed E-state index contributed by atoms with van der Waals surface area (Å²) in [4.78, 5) is 2.39. The third-order valence-electron chi connectivity index (χ3n) is 4.10. The second-order valence-electron chi connectivity index (χ2n) is 5.65. The molecule has 3 rings (SSSR count). The highest BCUT2D eigenvalue weighted by atomic mass is 79.9. The van der Waals surface area contributed by atoms with Gasteiger partial charge in [-0.05, 0) is 47.1 Å². The Balaban J connectivity index is 1.83. The molecule has 0 radical (unpaired) electrons. The molecule has 110 valence electrons. The summed E-state index contributed by atoms with van der Waals surface area (Å²) >= 11 is 3.58. The van der Waals surface area contributed by atoms with Crippen molar-refractivity contribution in [2.75, 3.05) is 20.1 Å². The lowest BCUT2D eigenvalue weighted by atomic mass is 9.88. The van der Waals surface area contributed by atoms with E-state index in [1.807, 2.05) is 24.3 Å². The average molecular weight is 346 g/mol. The molecule has 2 aromatic rings. The molecule has 0 N–H and O–H groups in total. The van der Waals surface area contributed by atoms with Crippen molar-refractivity contribution in [2.45, 2.75) is 18.4 Å². The molecule has 0 saturated carbocycles. The summed E-state index contributed by atoms with van der Waals surface area (Å²) in [5.74, 6) is 1.35. The number of hydrogen-bond acceptors (Lipinski definition) is 2. The summed E-state index contributed by atoms with van der Waals surface area (Å²) in [5.41, 5.74) is 1.36. The minimum Gasteiger partial charge on any atom is -0.489 e. The summed E-state index contributed by atoms with van der Waals surface area (Å²) < 4.78 is 7.35. The van der Waals surface area contributed by atoms with Crippen LogP contribution in [0.15, 0.2) is 59.1 Å². The quantitative estimate of drug-likeness (QED) is 0.821. The fourth-order valence-corrected chi connectivity index (χ4v) is 3.34. The number of ether oxygens (including phenoxy) is 1. The van der Waals surface area contributed by atoms with Crippen LogP contribution < -0.4 is 4.74 Å². The van der Waals surface area contributed by atoms with Gasteiger partial charge in [-0.3, -0.25) is 0 Å². The Kier molecular flexibility index (Phi) is 4.61. The number of likely N-dealkylation sites (N-methyl/N-ethyl adjacent to an activating group) is 1. The van der Waals surface area contributed by atoms with E-state index in [1.165, 1.54) is 5.56 Å². The molecule has 1 fully saturated rings. The molecule has 2 nitrogen and oxygen atoms in total. The Morgan fingerprint density at radius 2 is 1.76 bits per heavy atom. The van der Waals surface area contributed by atoms with Gasteiger partial charge in [-0.2, -0.15) is 0 Å². The molecule has 2 atom stereocenters. The first-order chi connectivity index (χ1) is 10.2. The minimum atomic E-state index is 0.224. The normalized spacial score (nSPS) is 23.0. The van der Waals surface area contributed by atoms with E-state index in [2.05, 4.69) is 58.2 Å². The number of hydrogen-bond donors (Lipinski definition) is 0. The number of benzene rings is 2. The fraction of sp³-hybridized carbons (Fsp3) is 0.333. The van der Waals surface area contributed by atoms with Crippen LogP contribution in [0.2, 0.25) is 0 Å². The molecule has 1 aliphatic rings. The number of piperidine rings is 1. The van der Waals surface area contributed by atoms with Crippen LogP contribution in [0.1, 0.15) is 17.9 Å². The van der Waals surface area contributed by atoms with Crippen molar-refractivity contribution in [3.8, 4) is 5.75 Å². The van der Waals surface area contributed by atoms with E-state index in [-0.39, 0.29) is 6.10 Å². The molecular weight excluding hydrogens is 326 g/mol.